The molecule has 2 fully saturated rings. The van der Waals surface area contributed by atoms with E-state index < -0.39 is 9.84 Å². The summed E-state index contributed by atoms with van der Waals surface area (Å²) in [7, 11) is -1.32. The van der Waals surface area contributed by atoms with E-state index >= 15 is 0 Å². The lowest BCUT2D eigenvalue weighted by atomic mass is 9.95. The fraction of sp³-hybridized carbons (Fsp3) is 0.647. The summed E-state index contributed by atoms with van der Waals surface area (Å²) >= 11 is 0. The molecule has 7 heteroatoms. The number of nitrogens with zero attached hydrogens (tertiary/aromatic N) is 2. The number of pyridine rings is 1. The third kappa shape index (κ3) is 4.06. The topological polar surface area (TPSA) is 79.4 Å². The number of nitrogens with one attached hydrogen (secondary N) is 1. The van der Waals surface area contributed by atoms with E-state index in [1.807, 2.05) is 0 Å². The third-order valence-corrected chi connectivity index (χ3v) is 6.79. The Morgan fingerprint density at radius 3 is 2.67 bits per heavy atom. The summed E-state index contributed by atoms with van der Waals surface area (Å²) in [5.74, 6) is 0.805. The quantitative estimate of drug-likeness (QED) is 0.898. The van der Waals surface area contributed by atoms with E-state index in [0.717, 1.165) is 18.7 Å². The third-order valence-electron chi connectivity index (χ3n) is 5.04. The molecular weight excluding hydrogens is 326 g/mol. The van der Waals surface area contributed by atoms with Gasteiger partial charge in [-0.15, -0.1) is 0 Å². The molecule has 1 atom stereocenters. The van der Waals surface area contributed by atoms with Crippen LogP contribution >= 0.6 is 0 Å². The van der Waals surface area contributed by atoms with Gasteiger partial charge in [0.1, 0.15) is 5.82 Å². The van der Waals surface area contributed by atoms with Crippen molar-refractivity contribution in [1.82, 2.24) is 9.88 Å². The Morgan fingerprint density at radius 1 is 1.25 bits per heavy atom. The van der Waals surface area contributed by atoms with E-state index in [-0.39, 0.29) is 23.5 Å². The first kappa shape index (κ1) is 17.2. The van der Waals surface area contributed by atoms with Crippen molar-refractivity contribution in [3.63, 3.8) is 0 Å². The molecule has 1 aromatic heterocycles. The van der Waals surface area contributed by atoms with E-state index in [1.165, 1.54) is 19.3 Å². The van der Waals surface area contributed by atoms with Gasteiger partial charge >= 0.3 is 0 Å². The second-order valence-corrected chi connectivity index (χ2v) is 9.11. The molecule has 6 nitrogen and oxygen atoms in total. The Kier molecular flexibility index (Phi) is 5.08. The highest BCUT2D eigenvalue weighted by Crippen LogP contribution is 2.22. The molecule has 24 heavy (non-hydrogen) atoms. The van der Waals surface area contributed by atoms with Crippen LogP contribution < -0.4 is 5.32 Å². The minimum absolute atomic E-state index is 0.0630. The van der Waals surface area contributed by atoms with Crippen molar-refractivity contribution >= 4 is 21.6 Å². The van der Waals surface area contributed by atoms with Crippen LogP contribution in [0.25, 0.3) is 0 Å². The Bertz CT molecular complexity index is 699. The molecule has 2 heterocycles. The Balaban J connectivity index is 1.67. The number of amides is 1. The number of carbonyl (C=O) groups excluding carboxylic acids is 1. The second kappa shape index (κ2) is 7.09. The zero-order valence-electron chi connectivity index (χ0n) is 14.1. The summed E-state index contributed by atoms with van der Waals surface area (Å²) in [5, 5.41) is 3.42. The number of rotatable bonds is 4. The molecular formula is C17H25N3O3S. The molecule has 1 saturated carbocycles. The predicted octanol–water partition coefficient (Wildman–Crippen LogP) is 2.09. The average molecular weight is 351 g/mol. The summed E-state index contributed by atoms with van der Waals surface area (Å²) < 4.78 is 23.2. The highest BCUT2D eigenvalue weighted by molar-refractivity contribution is 7.91. The normalized spacial score (nSPS) is 23.8. The van der Waals surface area contributed by atoms with Crippen LogP contribution in [0.2, 0.25) is 0 Å². The SMILES string of the molecule is CN(C(=O)c1ccnc(NC2CCCCC2)c1)C1CCS(=O)(=O)C1. The number of anilines is 1. The van der Waals surface area contributed by atoms with Gasteiger partial charge in [0, 0.05) is 30.9 Å². The van der Waals surface area contributed by atoms with Gasteiger partial charge in [-0.25, -0.2) is 13.4 Å². The van der Waals surface area contributed by atoms with Gasteiger partial charge in [-0.2, -0.15) is 0 Å². The minimum Gasteiger partial charge on any atom is -0.367 e. The van der Waals surface area contributed by atoms with Gasteiger partial charge in [-0.3, -0.25) is 4.79 Å². The monoisotopic (exact) mass is 351 g/mol. The molecule has 1 unspecified atom stereocenters. The average Bonchev–Trinajstić information content (AvgIpc) is 2.95. The summed E-state index contributed by atoms with van der Waals surface area (Å²) in [5.41, 5.74) is 0.551. The maximum Gasteiger partial charge on any atom is 0.254 e. The molecule has 1 aliphatic heterocycles. The lowest BCUT2D eigenvalue weighted by Crippen LogP contribution is -2.37. The smallest absolute Gasteiger partial charge is 0.254 e. The molecule has 1 amide bonds. The fourth-order valence-electron chi connectivity index (χ4n) is 3.55. The van der Waals surface area contributed by atoms with Crippen LogP contribution in [0, 0.1) is 0 Å². The predicted molar refractivity (Wildman–Crippen MR) is 93.9 cm³/mol. The summed E-state index contributed by atoms with van der Waals surface area (Å²) in [6.45, 7) is 0. The van der Waals surface area contributed by atoms with E-state index in [4.69, 9.17) is 0 Å². The fourth-order valence-corrected chi connectivity index (χ4v) is 5.32. The molecule has 1 N–H and O–H groups in total. The molecule has 1 aromatic rings. The van der Waals surface area contributed by atoms with Crippen LogP contribution in [0.3, 0.4) is 0 Å². The van der Waals surface area contributed by atoms with Gasteiger partial charge in [-0.05, 0) is 31.4 Å². The van der Waals surface area contributed by atoms with Crippen LogP contribution in [-0.4, -0.2) is 54.8 Å². The highest BCUT2D eigenvalue weighted by atomic mass is 32.2. The largest absolute Gasteiger partial charge is 0.367 e. The van der Waals surface area contributed by atoms with Crippen molar-refractivity contribution in [3.05, 3.63) is 23.9 Å². The van der Waals surface area contributed by atoms with Crippen molar-refractivity contribution in [1.29, 1.82) is 0 Å². The first-order valence-corrected chi connectivity index (χ1v) is 10.5. The van der Waals surface area contributed by atoms with Crippen LogP contribution in [0.5, 0.6) is 0 Å². The first-order valence-electron chi connectivity index (χ1n) is 8.65. The van der Waals surface area contributed by atoms with Gasteiger partial charge in [0.05, 0.1) is 11.5 Å². The molecule has 0 radical (unpaired) electrons. The number of hydrogen-bond acceptors (Lipinski definition) is 5. The molecule has 1 aliphatic carbocycles. The zero-order valence-corrected chi connectivity index (χ0v) is 14.9. The van der Waals surface area contributed by atoms with Crippen molar-refractivity contribution in [3.8, 4) is 0 Å². The summed E-state index contributed by atoms with van der Waals surface area (Å²) in [6, 6.07) is 3.66. The Hall–Kier alpha value is -1.63. The lowest BCUT2D eigenvalue weighted by Gasteiger charge is -2.25. The molecule has 0 aromatic carbocycles. The lowest BCUT2D eigenvalue weighted by molar-refractivity contribution is 0.0747. The van der Waals surface area contributed by atoms with Crippen LogP contribution in [0.1, 0.15) is 48.9 Å². The van der Waals surface area contributed by atoms with E-state index in [9.17, 15) is 13.2 Å². The van der Waals surface area contributed by atoms with Crippen molar-refractivity contribution in [2.24, 2.45) is 0 Å². The molecule has 132 valence electrons. The van der Waals surface area contributed by atoms with Crippen molar-refractivity contribution in [2.45, 2.75) is 50.6 Å². The first-order chi connectivity index (χ1) is 11.4. The van der Waals surface area contributed by atoms with Crippen molar-refractivity contribution in [2.75, 3.05) is 23.9 Å². The van der Waals surface area contributed by atoms with Crippen LogP contribution in [0.15, 0.2) is 18.3 Å². The second-order valence-electron chi connectivity index (χ2n) is 6.88. The van der Waals surface area contributed by atoms with Gasteiger partial charge in [0.15, 0.2) is 9.84 Å². The maximum atomic E-state index is 12.7. The number of carbonyl (C=O) groups is 1. The van der Waals surface area contributed by atoms with E-state index in [2.05, 4.69) is 10.3 Å². The van der Waals surface area contributed by atoms with Gasteiger partial charge in [-0.1, -0.05) is 19.3 Å². The summed E-state index contributed by atoms with van der Waals surface area (Å²) in [6.07, 6.45) is 8.18. The number of sulfone groups is 1. The zero-order chi connectivity index (χ0) is 17.2. The number of aromatic nitrogens is 1. The van der Waals surface area contributed by atoms with Crippen molar-refractivity contribution < 1.29 is 13.2 Å². The van der Waals surface area contributed by atoms with Gasteiger partial charge < -0.3 is 10.2 Å². The minimum atomic E-state index is -3.00. The van der Waals surface area contributed by atoms with Crippen LogP contribution in [-0.2, 0) is 9.84 Å². The molecule has 1 saturated heterocycles. The summed E-state index contributed by atoms with van der Waals surface area (Å²) in [4.78, 5) is 18.5. The molecule has 2 aliphatic rings. The number of hydrogen-bond donors (Lipinski definition) is 1. The molecule has 0 bridgehead atoms. The van der Waals surface area contributed by atoms with Crippen LogP contribution in [0.4, 0.5) is 5.82 Å². The Morgan fingerprint density at radius 2 is 2.00 bits per heavy atom. The molecule has 0 spiro atoms. The van der Waals surface area contributed by atoms with Gasteiger partial charge in [0.25, 0.3) is 5.91 Å². The molecule has 3 rings (SSSR count). The standard InChI is InChI=1S/C17H25N3O3S/c1-20(15-8-10-24(22,23)12-15)17(21)13-7-9-18-16(11-13)19-14-5-3-2-4-6-14/h7,9,11,14-15H,2-6,8,10,12H2,1H3,(H,18,19). The van der Waals surface area contributed by atoms with Gasteiger partial charge in [0.2, 0.25) is 0 Å². The van der Waals surface area contributed by atoms with E-state index in [1.54, 1.807) is 30.3 Å². The Labute approximate surface area is 143 Å². The van der Waals surface area contributed by atoms with E-state index in [0.29, 0.717) is 18.0 Å². The maximum absolute atomic E-state index is 12.7. The highest BCUT2D eigenvalue weighted by Gasteiger charge is 2.33.